The number of aryl methyl sites for hydroxylation is 1. The first kappa shape index (κ1) is 29.9. The standard InChI is InChI=1S/C28H33FN4O3.2ClH/c1-31-19-27(30-20-31)28(34)33(23-8-13-35-14-9-23)18-21-6-7-26(29)25(16-21)22-4-2-5-24(17-22)36-15-12-32-10-3-11-32;;/h2,4-7,16-17,19-20,23H,3,8-15,18H2,1H3;2*1H. The van der Waals surface area contributed by atoms with Gasteiger partial charge >= 0.3 is 0 Å². The summed E-state index contributed by atoms with van der Waals surface area (Å²) in [7, 11) is 1.84. The topological polar surface area (TPSA) is 59.8 Å². The SMILES string of the molecule is Cl.Cl.Cn1cnc(C(=O)N(Cc2ccc(F)c(-c3cccc(OCCN4CCC4)c3)c2)C2CCOCC2)c1. The Balaban J connectivity index is 0.00000200. The molecule has 2 saturated heterocycles. The van der Waals surface area contributed by atoms with Gasteiger partial charge in [0.05, 0.1) is 6.33 Å². The van der Waals surface area contributed by atoms with Gasteiger partial charge in [0.25, 0.3) is 5.91 Å². The summed E-state index contributed by atoms with van der Waals surface area (Å²) in [4.78, 5) is 21.9. The van der Waals surface area contributed by atoms with Crippen LogP contribution in [0.25, 0.3) is 11.1 Å². The summed E-state index contributed by atoms with van der Waals surface area (Å²) >= 11 is 0. The molecule has 1 aromatic heterocycles. The van der Waals surface area contributed by atoms with Crippen LogP contribution in [-0.2, 0) is 18.3 Å². The highest BCUT2D eigenvalue weighted by molar-refractivity contribution is 5.92. The summed E-state index contributed by atoms with van der Waals surface area (Å²) in [6, 6.07) is 12.7. The molecule has 206 valence electrons. The predicted octanol–water partition coefficient (Wildman–Crippen LogP) is 4.98. The first-order valence-electron chi connectivity index (χ1n) is 12.7. The normalized spacial score (nSPS) is 15.6. The van der Waals surface area contributed by atoms with E-state index < -0.39 is 0 Å². The molecule has 1 amide bonds. The minimum absolute atomic E-state index is 0. The minimum Gasteiger partial charge on any atom is -0.492 e. The molecule has 2 aliphatic heterocycles. The summed E-state index contributed by atoms with van der Waals surface area (Å²) in [5.41, 5.74) is 2.53. The van der Waals surface area contributed by atoms with Gasteiger partial charge in [-0.15, -0.1) is 24.8 Å². The average Bonchev–Trinajstić information content (AvgIpc) is 3.31. The number of carbonyl (C=O) groups excluding carboxylic acids is 1. The number of ether oxygens (including phenoxy) is 2. The third-order valence-electron chi connectivity index (χ3n) is 6.97. The summed E-state index contributed by atoms with van der Waals surface area (Å²) < 4.78 is 28.2. The van der Waals surface area contributed by atoms with Gasteiger partial charge in [0, 0.05) is 51.2 Å². The van der Waals surface area contributed by atoms with Crippen molar-refractivity contribution in [1.29, 1.82) is 0 Å². The Morgan fingerprint density at radius 3 is 2.63 bits per heavy atom. The van der Waals surface area contributed by atoms with Crippen LogP contribution in [-0.4, -0.2) is 70.8 Å². The fourth-order valence-electron chi connectivity index (χ4n) is 4.77. The minimum atomic E-state index is -0.301. The van der Waals surface area contributed by atoms with Gasteiger partial charge in [-0.3, -0.25) is 9.69 Å². The lowest BCUT2D eigenvalue weighted by Crippen LogP contribution is -2.43. The number of imidazole rings is 1. The number of nitrogens with zero attached hydrogens (tertiary/aromatic N) is 4. The van der Waals surface area contributed by atoms with E-state index in [1.54, 1.807) is 23.2 Å². The van der Waals surface area contributed by atoms with Crippen LogP contribution in [0, 0.1) is 5.82 Å². The maximum absolute atomic E-state index is 15.0. The molecule has 3 aromatic rings. The maximum atomic E-state index is 15.0. The molecule has 0 atom stereocenters. The first-order valence-corrected chi connectivity index (χ1v) is 12.7. The zero-order valence-corrected chi connectivity index (χ0v) is 23.2. The molecule has 0 N–H and O–H groups in total. The molecule has 2 aromatic carbocycles. The van der Waals surface area contributed by atoms with Crippen LogP contribution < -0.4 is 4.74 Å². The quantitative estimate of drug-likeness (QED) is 0.367. The Labute approximate surface area is 235 Å². The molecule has 5 rings (SSSR count). The molecule has 0 aliphatic carbocycles. The molecular formula is C28H35Cl2FN4O3. The fourth-order valence-corrected chi connectivity index (χ4v) is 4.77. The van der Waals surface area contributed by atoms with E-state index in [1.165, 1.54) is 12.5 Å². The Morgan fingerprint density at radius 2 is 1.95 bits per heavy atom. The van der Waals surface area contributed by atoms with Gasteiger partial charge in [-0.2, -0.15) is 0 Å². The van der Waals surface area contributed by atoms with Crippen molar-refractivity contribution in [3.8, 4) is 16.9 Å². The van der Waals surface area contributed by atoms with E-state index in [1.807, 2.05) is 42.3 Å². The Morgan fingerprint density at radius 1 is 1.16 bits per heavy atom. The molecule has 0 bridgehead atoms. The van der Waals surface area contributed by atoms with Gasteiger partial charge in [0.2, 0.25) is 0 Å². The van der Waals surface area contributed by atoms with E-state index in [4.69, 9.17) is 9.47 Å². The highest BCUT2D eigenvalue weighted by Gasteiger charge is 2.28. The van der Waals surface area contributed by atoms with Crippen molar-refractivity contribution in [2.45, 2.75) is 31.8 Å². The zero-order chi connectivity index (χ0) is 24.9. The fraction of sp³-hybridized carbons (Fsp3) is 0.429. The van der Waals surface area contributed by atoms with Gasteiger partial charge < -0.3 is 18.9 Å². The van der Waals surface area contributed by atoms with E-state index >= 15 is 0 Å². The second kappa shape index (κ2) is 13.9. The average molecular weight is 566 g/mol. The first-order chi connectivity index (χ1) is 17.6. The highest BCUT2D eigenvalue weighted by Crippen LogP contribution is 2.29. The lowest BCUT2D eigenvalue weighted by molar-refractivity contribution is 0.0264. The van der Waals surface area contributed by atoms with E-state index in [-0.39, 0.29) is 42.6 Å². The van der Waals surface area contributed by atoms with Gasteiger partial charge in [-0.05, 0) is 67.7 Å². The van der Waals surface area contributed by atoms with Crippen molar-refractivity contribution < 1.29 is 18.7 Å². The summed E-state index contributed by atoms with van der Waals surface area (Å²) in [6.07, 6.45) is 6.15. The third-order valence-corrected chi connectivity index (χ3v) is 6.97. The zero-order valence-electron chi connectivity index (χ0n) is 21.6. The van der Waals surface area contributed by atoms with Crippen molar-refractivity contribution >= 4 is 30.7 Å². The maximum Gasteiger partial charge on any atom is 0.274 e. The second-order valence-electron chi connectivity index (χ2n) is 9.59. The van der Waals surface area contributed by atoms with Crippen LogP contribution in [0.4, 0.5) is 4.39 Å². The van der Waals surface area contributed by atoms with Crippen LogP contribution in [0.3, 0.4) is 0 Å². The number of halogens is 3. The van der Waals surface area contributed by atoms with Crippen LogP contribution in [0.2, 0.25) is 0 Å². The number of likely N-dealkylation sites (tertiary alicyclic amines) is 1. The Kier molecular flexibility index (Phi) is 11.0. The molecule has 0 radical (unpaired) electrons. The molecule has 0 spiro atoms. The number of hydrogen-bond acceptors (Lipinski definition) is 5. The van der Waals surface area contributed by atoms with Gasteiger partial charge in [0.15, 0.2) is 0 Å². The molecule has 10 heteroatoms. The third kappa shape index (κ3) is 7.26. The lowest BCUT2D eigenvalue weighted by Gasteiger charge is -2.34. The monoisotopic (exact) mass is 564 g/mol. The van der Waals surface area contributed by atoms with Crippen molar-refractivity contribution in [1.82, 2.24) is 19.4 Å². The van der Waals surface area contributed by atoms with Gasteiger partial charge in [-0.1, -0.05) is 18.2 Å². The summed E-state index contributed by atoms with van der Waals surface area (Å²) in [5, 5.41) is 0. The molecular weight excluding hydrogens is 530 g/mol. The molecule has 0 saturated carbocycles. The second-order valence-corrected chi connectivity index (χ2v) is 9.59. The summed E-state index contributed by atoms with van der Waals surface area (Å²) in [5.74, 6) is 0.308. The van der Waals surface area contributed by atoms with Gasteiger partial charge in [0.1, 0.15) is 23.9 Å². The molecule has 2 fully saturated rings. The van der Waals surface area contributed by atoms with E-state index in [0.717, 1.165) is 49.4 Å². The Bertz CT molecular complexity index is 1200. The molecule has 38 heavy (non-hydrogen) atoms. The van der Waals surface area contributed by atoms with Crippen molar-refractivity contribution in [2.75, 3.05) is 39.5 Å². The summed E-state index contributed by atoms with van der Waals surface area (Å²) in [6.45, 7) is 5.40. The smallest absolute Gasteiger partial charge is 0.274 e. The molecule has 0 unspecified atom stereocenters. The van der Waals surface area contributed by atoms with Crippen LogP contribution in [0.5, 0.6) is 5.75 Å². The highest BCUT2D eigenvalue weighted by atomic mass is 35.5. The number of hydrogen-bond donors (Lipinski definition) is 0. The van der Waals surface area contributed by atoms with Crippen LogP contribution in [0.1, 0.15) is 35.3 Å². The number of aromatic nitrogens is 2. The number of amides is 1. The largest absolute Gasteiger partial charge is 0.492 e. The molecule has 7 nitrogen and oxygen atoms in total. The lowest BCUT2D eigenvalue weighted by atomic mass is 10.0. The van der Waals surface area contributed by atoms with Gasteiger partial charge in [-0.25, -0.2) is 9.37 Å². The Hall–Kier alpha value is -2.65. The van der Waals surface area contributed by atoms with E-state index in [2.05, 4.69) is 9.88 Å². The number of benzene rings is 2. The van der Waals surface area contributed by atoms with Crippen LogP contribution in [0.15, 0.2) is 55.0 Å². The number of carbonyl (C=O) groups is 1. The van der Waals surface area contributed by atoms with Crippen molar-refractivity contribution in [3.05, 3.63) is 72.1 Å². The van der Waals surface area contributed by atoms with Crippen molar-refractivity contribution in [2.24, 2.45) is 7.05 Å². The number of rotatable bonds is 9. The molecule has 2 aliphatic rings. The van der Waals surface area contributed by atoms with Crippen LogP contribution >= 0.6 is 24.8 Å². The van der Waals surface area contributed by atoms with E-state index in [9.17, 15) is 9.18 Å². The predicted molar refractivity (Wildman–Crippen MR) is 150 cm³/mol. The van der Waals surface area contributed by atoms with E-state index in [0.29, 0.717) is 37.6 Å². The molecule has 3 heterocycles. The van der Waals surface area contributed by atoms with Crippen molar-refractivity contribution in [3.63, 3.8) is 0 Å².